The van der Waals surface area contributed by atoms with Crippen LogP contribution in [-0.2, 0) is 11.1 Å². The SMILES string of the molecule is O=S([O-])CCC(F)(F)F. The van der Waals surface area contributed by atoms with Crippen molar-refractivity contribution in [1.82, 2.24) is 0 Å². The molecule has 0 radical (unpaired) electrons. The zero-order valence-electron chi connectivity index (χ0n) is 4.27. The molecular formula is C3H4F3O2S-. The molecule has 1 unspecified atom stereocenters. The largest absolute Gasteiger partial charge is 0.772 e. The fraction of sp³-hybridized carbons (Fsp3) is 1.00. The lowest BCUT2D eigenvalue weighted by atomic mass is 10.5. The summed E-state index contributed by atoms with van der Waals surface area (Å²) in [5.41, 5.74) is 0. The third-order valence-corrected chi connectivity index (χ3v) is 1.09. The van der Waals surface area contributed by atoms with Crippen LogP contribution < -0.4 is 0 Å². The van der Waals surface area contributed by atoms with Crippen molar-refractivity contribution in [2.45, 2.75) is 12.6 Å². The topological polar surface area (TPSA) is 40.1 Å². The van der Waals surface area contributed by atoms with Crippen LogP contribution in [0.5, 0.6) is 0 Å². The molecule has 0 N–H and O–H groups in total. The fourth-order valence-electron chi connectivity index (χ4n) is 0.199. The third kappa shape index (κ3) is 7.90. The highest BCUT2D eigenvalue weighted by Crippen LogP contribution is 2.18. The Hall–Kier alpha value is -0.100. The Kier molecular flexibility index (Phi) is 3.13. The van der Waals surface area contributed by atoms with E-state index in [2.05, 4.69) is 0 Å². The van der Waals surface area contributed by atoms with E-state index in [1.54, 1.807) is 0 Å². The molecule has 0 aromatic carbocycles. The van der Waals surface area contributed by atoms with Gasteiger partial charge in [0, 0.05) is 5.75 Å². The summed E-state index contributed by atoms with van der Waals surface area (Å²) in [7, 11) is 0. The molecule has 0 aromatic rings. The van der Waals surface area contributed by atoms with Gasteiger partial charge < -0.3 is 4.55 Å². The predicted molar refractivity (Wildman–Crippen MR) is 24.5 cm³/mol. The predicted octanol–water partition coefficient (Wildman–Crippen LogP) is 0.818. The van der Waals surface area contributed by atoms with Gasteiger partial charge in [-0.1, -0.05) is 11.1 Å². The van der Waals surface area contributed by atoms with E-state index in [1.165, 1.54) is 0 Å². The number of rotatable bonds is 2. The number of hydrogen-bond acceptors (Lipinski definition) is 2. The van der Waals surface area contributed by atoms with Gasteiger partial charge in [0.15, 0.2) is 0 Å². The van der Waals surface area contributed by atoms with Crippen LogP contribution in [0.3, 0.4) is 0 Å². The summed E-state index contributed by atoms with van der Waals surface area (Å²) in [6.45, 7) is 0. The van der Waals surface area contributed by atoms with Gasteiger partial charge in [0.25, 0.3) is 0 Å². The highest BCUT2D eigenvalue weighted by Gasteiger charge is 2.26. The molecule has 0 saturated carbocycles. The zero-order chi connectivity index (χ0) is 7.49. The van der Waals surface area contributed by atoms with Gasteiger partial charge >= 0.3 is 6.18 Å². The Bertz CT molecular complexity index is 110. The first-order chi connectivity index (χ1) is 3.92. The van der Waals surface area contributed by atoms with Gasteiger partial charge in [-0.05, 0) is 0 Å². The van der Waals surface area contributed by atoms with Crippen molar-refractivity contribution in [3.8, 4) is 0 Å². The van der Waals surface area contributed by atoms with E-state index >= 15 is 0 Å². The maximum absolute atomic E-state index is 11.1. The van der Waals surface area contributed by atoms with E-state index in [1.807, 2.05) is 0 Å². The van der Waals surface area contributed by atoms with Crippen molar-refractivity contribution in [2.75, 3.05) is 5.75 Å². The van der Waals surface area contributed by atoms with Crippen LogP contribution >= 0.6 is 0 Å². The van der Waals surface area contributed by atoms with Gasteiger partial charge in [-0.2, -0.15) is 13.2 Å². The molecule has 1 atom stereocenters. The minimum absolute atomic E-state index is 0.844. The summed E-state index contributed by atoms with van der Waals surface area (Å²) >= 11 is -2.58. The van der Waals surface area contributed by atoms with Crippen molar-refractivity contribution in [3.63, 3.8) is 0 Å². The number of alkyl halides is 3. The van der Waals surface area contributed by atoms with E-state index in [-0.39, 0.29) is 0 Å². The van der Waals surface area contributed by atoms with E-state index in [4.69, 9.17) is 0 Å². The van der Waals surface area contributed by atoms with Crippen molar-refractivity contribution >= 4 is 11.1 Å². The molecule has 0 aliphatic rings. The van der Waals surface area contributed by atoms with Crippen LogP contribution in [0.2, 0.25) is 0 Å². The van der Waals surface area contributed by atoms with Gasteiger partial charge in [0.1, 0.15) is 0 Å². The molecule has 6 heteroatoms. The Morgan fingerprint density at radius 3 is 2.00 bits per heavy atom. The molecular weight excluding hydrogens is 157 g/mol. The van der Waals surface area contributed by atoms with Crippen LogP contribution in [0, 0.1) is 0 Å². The van der Waals surface area contributed by atoms with Crippen molar-refractivity contribution < 1.29 is 21.9 Å². The third-order valence-electron chi connectivity index (χ3n) is 0.552. The van der Waals surface area contributed by atoms with Gasteiger partial charge in [-0.3, -0.25) is 4.21 Å². The lowest BCUT2D eigenvalue weighted by molar-refractivity contribution is -0.129. The van der Waals surface area contributed by atoms with Crippen molar-refractivity contribution in [3.05, 3.63) is 0 Å². The van der Waals surface area contributed by atoms with Crippen LogP contribution in [-0.4, -0.2) is 20.7 Å². The zero-order valence-corrected chi connectivity index (χ0v) is 5.09. The molecule has 0 heterocycles. The Morgan fingerprint density at radius 1 is 1.44 bits per heavy atom. The summed E-state index contributed by atoms with van der Waals surface area (Å²) in [5, 5.41) is 0. The van der Waals surface area contributed by atoms with Crippen molar-refractivity contribution in [2.24, 2.45) is 0 Å². The first-order valence-corrected chi connectivity index (χ1v) is 3.29. The summed E-state index contributed by atoms with van der Waals surface area (Å²) < 4.78 is 52.5. The molecule has 2 nitrogen and oxygen atoms in total. The molecule has 0 fully saturated rings. The van der Waals surface area contributed by atoms with Crippen LogP contribution in [0.15, 0.2) is 0 Å². The van der Waals surface area contributed by atoms with Gasteiger partial charge in [-0.25, -0.2) is 0 Å². The van der Waals surface area contributed by atoms with Crippen LogP contribution in [0.4, 0.5) is 13.2 Å². The Labute approximate surface area is 52.3 Å². The Morgan fingerprint density at radius 2 is 1.89 bits per heavy atom. The average Bonchev–Trinajstić information content (AvgIpc) is 1.59. The second-order valence-electron chi connectivity index (χ2n) is 1.37. The smallest absolute Gasteiger partial charge is 0.389 e. The molecule has 0 aliphatic heterocycles. The lowest BCUT2D eigenvalue weighted by Crippen LogP contribution is -2.12. The standard InChI is InChI=1S/C3H5F3O2S/c4-3(5,6)1-2-9(7)8/h1-2H2,(H,7,8)/p-1. The lowest BCUT2D eigenvalue weighted by Gasteiger charge is -2.06. The maximum atomic E-state index is 11.1. The first kappa shape index (κ1) is 8.90. The molecule has 0 amide bonds. The van der Waals surface area contributed by atoms with Crippen molar-refractivity contribution in [1.29, 1.82) is 0 Å². The molecule has 0 saturated heterocycles. The van der Waals surface area contributed by atoms with E-state index in [9.17, 15) is 21.9 Å². The Balaban J connectivity index is 3.39. The highest BCUT2D eigenvalue weighted by atomic mass is 32.2. The molecule has 0 bridgehead atoms. The van der Waals surface area contributed by atoms with E-state index < -0.39 is 29.4 Å². The molecule has 0 rings (SSSR count). The van der Waals surface area contributed by atoms with E-state index in [0.29, 0.717) is 0 Å². The molecule has 9 heavy (non-hydrogen) atoms. The second kappa shape index (κ2) is 3.17. The molecule has 0 aromatic heterocycles. The highest BCUT2D eigenvalue weighted by molar-refractivity contribution is 7.79. The van der Waals surface area contributed by atoms with Crippen LogP contribution in [0.1, 0.15) is 6.42 Å². The van der Waals surface area contributed by atoms with Gasteiger partial charge in [0.05, 0.1) is 6.42 Å². The molecule has 0 spiro atoms. The van der Waals surface area contributed by atoms with E-state index in [0.717, 1.165) is 0 Å². The minimum atomic E-state index is -4.36. The number of halogens is 3. The summed E-state index contributed by atoms with van der Waals surface area (Å²) in [6, 6.07) is 0. The summed E-state index contributed by atoms with van der Waals surface area (Å²) in [4.78, 5) is 0. The average molecular weight is 161 g/mol. The number of hydrogen-bond donors (Lipinski definition) is 0. The maximum Gasteiger partial charge on any atom is 0.389 e. The monoisotopic (exact) mass is 161 g/mol. The minimum Gasteiger partial charge on any atom is -0.772 e. The van der Waals surface area contributed by atoms with Gasteiger partial charge in [0.2, 0.25) is 0 Å². The van der Waals surface area contributed by atoms with Gasteiger partial charge in [-0.15, -0.1) is 0 Å². The second-order valence-corrected chi connectivity index (χ2v) is 2.39. The first-order valence-electron chi connectivity index (χ1n) is 2.04. The quantitative estimate of drug-likeness (QED) is 0.562. The molecule has 0 aliphatic carbocycles. The summed E-state index contributed by atoms with van der Waals surface area (Å²) in [6.07, 6.45) is -5.62. The normalized spacial score (nSPS) is 15.6. The summed E-state index contributed by atoms with van der Waals surface area (Å²) in [5.74, 6) is -0.844. The fourth-order valence-corrected chi connectivity index (χ4v) is 0.597. The molecule has 56 valence electrons. The van der Waals surface area contributed by atoms with Crippen LogP contribution in [0.25, 0.3) is 0 Å².